The molecule has 1 aromatic carbocycles. The summed E-state index contributed by atoms with van der Waals surface area (Å²) in [5, 5.41) is 3.19. The van der Waals surface area contributed by atoms with Crippen molar-refractivity contribution in [1.29, 1.82) is 0 Å². The van der Waals surface area contributed by atoms with Gasteiger partial charge in [-0.05, 0) is 30.4 Å². The molecule has 1 aliphatic rings. The van der Waals surface area contributed by atoms with Crippen molar-refractivity contribution in [1.82, 2.24) is 19.5 Å². The number of aromatic amines is 1. The van der Waals surface area contributed by atoms with E-state index in [1.807, 2.05) is 12.1 Å². The highest BCUT2D eigenvalue weighted by Gasteiger charge is 2.14. The first-order chi connectivity index (χ1) is 12.2. The predicted octanol–water partition coefficient (Wildman–Crippen LogP) is 2.05. The number of nitrogens with two attached hydrogens (primary N) is 1. The van der Waals surface area contributed by atoms with Gasteiger partial charge in [0.15, 0.2) is 11.5 Å². The summed E-state index contributed by atoms with van der Waals surface area (Å²) in [6, 6.07) is 8.26. The van der Waals surface area contributed by atoms with Crippen molar-refractivity contribution in [3.63, 3.8) is 0 Å². The number of allylic oxidation sites excluding steroid dienone is 2. The number of aromatic nitrogens is 4. The number of nitrogen functional groups attached to an aromatic ring is 1. The van der Waals surface area contributed by atoms with Crippen LogP contribution >= 0.6 is 0 Å². The van der Waals surface area contributed by atoms with Crippen LogP contribution in [-0.4, -0.2) is 26.1 Å². The van der Waals surface area contributed by atoms with Gasteiger partial charge in [0.25, 0.3) is 0 Å². The number of hydrogen-bond donors (Lipinski definition) is 3. The van der Waals surface area contributed by atoms with E-state index in [-0.39, 0.29) is 11.5 Å². The van der Waals surface area contributed by atoms with E-state index < -0.39 is 0 Å². The van der Waals surface area contributed by atoms with E-state index in [0.29, 0.717) is 23.7 Å². The van der Waals surface area contributed by atoms with Crippen molar-refractivity contribution in [2.24, 2.45) is 0 Å². The summed E-state index contributed by atoms with van der Waals surface area (Å²) in [6.45, 7) is 1.18. The first kappa shape index (κ1) is 15.4. The van der Waals surface area contributed by atoms with E-state index >= 15 is 0 Å². The zero-order valence-electron chi connectivity index (χ0n) is 13.8. The van der Waals surface area contributed by atoms with Crippen LogP contribution in [0.1, 0.15) is 24.0 Å². The number of anilines is 2. The molecule has 4 N–H and O–H groups in total. The highest BCUT2D eigenvalue weighted by molar-refractivity contribution is 5.82. The summed E-state index contributed by atoms with van der Waals surface area (Å²) in [6.07, 6.45) is 7.23. The number of nitrogens with zero attached hydrogens (tertiary/aromatic N) is 3. The van der Waals surface area contributed by atoms with Gasteiger partial charge in [-0.25, -0.2) is 4.79 Å². The molecule has 0 fully saturated rings. The van der Waals surface area contributed by atoms with Crippen LogP contribution in [-0.2, 0) is 13.0 Å². The fourth-order valence-corrected chi connectivity index (χ4v) is 3.07. The van der Waals surface area contributed by atoms with Gasteiger partial charge < -0.3 is 16.0 Å². The molecule has 25 heavy (non-hydrogen) atoms. The average Bonchev–Trinajstić information content (AvgIpc) is 2.90. The number of fused-ring (bicyclic) bond motifs is 3. The molecule has 0 aliphatic carbocycles. The van der Waals surface area contributed by atoms with Crippen molar-refractivity contribution in [3.8, 4) is 0 Å². The van der Waals surface area contributed by atoms with Crippen LogP contribution in [0.2, 0.25) is 0 Å². The standard InChI is InChI=1S/C18H20N6O/c19-15-14-16-23-17(22-15)20-9-4-2-1-3-6-12-7-5-8-13(10-12)11-24(16)18(25)21-14/h1,3,5,7-8,10H,2,4,6,9,11H2,(H,21,25)(H3,19,20,22,23). The van der Waals surface area contributed by atoms with Crippen LogP contribution < -0.4 is 16.7 Å². The van der Waals surface area contributed by atoms with Gasteiger partial charge in [0.05, 0.1) is 6.54 Å². The third kappa shape index (κ3) is 3.13. The van der Waals surface area contributed by atoms with E-state index in [0.717, 1.165) is 31.4 Å². The average molecular weight is 336 g/mol. The highest BCUT2D eigenvalue weighted by Crippen LogP contribution is 2.18. The minimum atomic E-state index is -0.234. The molecule has 0 amide bonds. The second-order valence-electron chi connectivity index (χ2n) is 6.21. The minimum Gasteiger partial charge on any atom is -0.382 e. The minimum absolute atomic E-state index is 0.234. The Balaban J connectivity index is 1.85. The van der Waals surface area contributed by atoms with E-state index in [4.69, 9.17) is 5.73 Å². The lowest BCUT2D eigenvalue weighted by atomic mass is 10.1. The van der Waals surface area contributed by atoms with Crippen LogP contribution in [0.15, 0.2) is 41.2 Å². The number of rotatable bonds is 0. The number of H-pyrrole nitrogens is 1. The number of imidazole rings is 1. The number of hydrogen-bond acceptors (Lipinski definition) is 5. The van der Waals surface area contributed by atoms with E-state index in [9.17, 15) is 4.79 Å². The second kappa shape index (κ2) is 6.43. The molecule has 0 atom stereocenters. The molecular weight excluding hydrogens is 316 g/mol. The van der Waals surface area contributed by atoms with Crippen LogP contribution in [0, 0.1) is 0 Å². The molecular formula is C18H20N6O. The smallest absolute Gasteiger partial charge is 0.328 e. The van der Waals surface area contributed by atoms with Crippen LogP contribution in [0.5, 0.6) is 0 Å². The van der Waals surface area contributed by atoms with Crippen LogP contribution in [0.4, 0.5) is 11.8 Å². The Hall–Kier alpha value is -3.09. The van der Waals surface area contributed by atoms with Crippen LogP contribution in [0.25, 0.3) is 11.2 Å². The molecule has 1 aliphatic heterocycles. The lowest BCUT2D eigenvalue weighted by molar-refractivity contribution is 0.776. The molecule has 0 saturated carbocycles. The normalized spacial score (nSPS) is 14.9. The van der Waals surface area contributed by atoms with Crippen molar-refractivity contribution in [2.75, 3.05) is 17.6 Å². The Bertz CT molecular complexity index is 1000. The third-order valence-corrected chi connectivity index (χ3v) is 4.33. The first-order valence-corrected chi connectivity index (χ1v) is 8.43. The number of nitrogens with one attached hydrogen (secondary N) is 2. The van der Waals surface area contributed by atoms with E-state index in [2.05, 4.69) is 44.6 Å². The lowest BCUT2D eigenvalue weighted by Crippen LogP contribution is -2.18. The third-order valence-electron chi connectivity index (χ3n) is 4.33. The molecule has 4 bridgehead atoms. The summed E-state index contributed by atoms with van der Waals surface area (Å²) in [7, 11) is 0. The lowest BCUT2D eigenvalue weighted by Gasteiger charge is -2.07. The van der Waals surface area contributed by atoms with E-state index in [1.54, 1.807) is 4.57 Å². The summed E-state index contributed by atoms with van der Waals surface area (Å²) >= 11 is 0. The maximum atomic E-state index is 12.4. The zero-order chi connectivity index (χ0) is 17.2. The van der Waals surface area contributed by atoms with Gasteiger partial charge >= 0.3 is 5.69 Å². The SMILES string of the molecule is Nc1nc2nc3c1[nH]c(=O)n3Cc1cccc(c1)CC=CCCCN2. The molecule has 2 aromatic heterocycles. The molecule has 0 radical (unpaired) electrons. The molecule has 3 aromatic rings. The predicted molar refractivity (Wildman–Crippen MR) is 98.7 cm³/mol. The summed E-state index contributed by atoms with van der Waals surface area (Å²) in [5.74, 6) is 0.728. The molecule has 4 rings (SSSR count). The maximum absolute atomic E-state index is 12.4. The molecule has 0 unspecified atom stereocenters. The fourth-order valence-electron chi connectivity index (χ4n) is 3.07. The summed E-state index contributed by atoms with van der Waals surface area (Å²) < 4.78 is 1.60. The molecule has 7 nitrogen and oxygen atoms in total. The molecule has 0 spiro atoms. The van der Waals surface area contributed by atoms with Gasteiger partial charge in [-0.15, -0.1) is 0 Å². The Morgan fingerprint density at radius 1 is 1.16 bits per heavy atom. The van der Waals surface area contributed by atoms with Gasteiger partial charge in [-0.3, -0.25) is 4.57 Å². The largest absolute Gasteiger partial charge is 0.382 e. The van der Waals surface area contributed by atoms with Crippen molar-refractivity contribution in [3.05, 3.63) is 58.0 Å². The Labute approximate surface area is 144 Å². The van der Waals surface area contributed by atoms with E-state index in [1.165, 1.54) is 5.56 Å². The summed E-state index contributed by atoms with van der Waals surface area (Å²) in [4.78, 5) is 23.9. The van der Waals surface area contributed by atoms with Gasteiger partial charge in [0.2, 0.25) is 5.95 Å². The van der Waals surface area contributed by atoms with Crippen molar-refractivity contribution >= 4 is 22.9 Å². The first-order valence-electron chi connectivity index (χ1n) is 8.43. The van der Waals surface area contributed by atoms with Crippen molar-refractivity contribution < 1.29 is 0 Å². The quantitative estimate of drug-likeness (QED) is 0.545. The van der Waals surface area contributed by atoms with Crippen molar-refractivity contribution in [2.45, 2.75) is 25.8 Å². The van der Waals surface area contributed by atoms with Gasteiger partial charge in [-0.2, -0.15) is 9.97 Å². The highest BCUT2D eigenvalue weighted by atomic mass is 16.1. The van der Waals surface area contributed by atoms with Gasteiger partial charge in [0, 0.05) is 6.54 Å². The molecule has 7 heteroatoms. The monoisotopic (exact) mass is 336 g/mol. The second-order valence-corrected chi connectivity index (χ2v) is 6.21. The molecule has 0 saturated heterocycles. The Morgan fingerprint density at radius 2 is 2.04 bits per heavy atom. The number of benzene rings is 1. The van der Waals surface area contributed by atoms with Gasteiger partial charge in [0.1, 0.15) is 5.52 Å². The molecule has 3 heterocycles. The topological polar surface area (TPSA) is 102 Å². The van der Waals surface area contributed by atoms with Gasteiger partial charge in [-0.1, -0.05) is 36.4 Å². The van der Waals surface area contributed by atoms with Crippen LogP contribution in [0.3, 0.4) is 0 Å². The Morgan fingerprint density at radius 3 is 2.96 bits per heavy atom. The Kier molecular flexibility index (Phi) is 3.97. The fraction of sp³-hybridized carbons (Fsp3) is 0.278. The summed E-state index contributed by atoms with van der Waals surface area (Å²) in [5.41, 5.74) is 9.07. The zero-order valence-corrected chi connectivity index (χ0v) is 13.8. The maximum Gasteiger partial charge on any atom is 0.328 e. The molecule has 128 valence electrons.